The van der Waals surface area contributed by atoms with Crippen molar-refractivity contribution in [1.82, 2.24) is 10.2 Å². The van der Waals surface area contributed by atoms with Crippen molar-refractivity contribution in [3.05, 3.63) is 0 Å². The first-order chi connectivity index (χ1) is 7.00. The van der Waals surface area contributed by atoms with Gasteiger partial charge in [-0.3, -0.25) is 9.59 Å². The number of nitrogens with zero attached hydrogens (tertiary/aromatic N) is 1. The van der Waals surface area contributed by atoms with Gasteiger partial charge in [-0.1, -0.05) is 13.8 Å². The summed E-state index contributed by atoms with van der Waals surface area (Å²) in [6.45, 7) is 6.08. The second kappa shape index (κ2) is 3.51. The molecule has 1 aliphatic heterocycles. The van der Waals surface area contributed by atoms with E-state index in [4.69, 9.17) is 0 Å². The molecule has 0 spiro atoms. The summed E-state index contributed by atoms with van der Waals surface area (Å²) >= 11 is 0. The maximum absolute atomic E-state index is 12.0. The van der Waals surface area contributed by atoms with E-state index in [0.717, 1.165) is 6.42 Å². The molecule has 0 aromatic rings. The molecule has 1 saturated carbocycles. The zero-order chi connectivity index (χ0) is 11.1. The van der Waals surface area contributed by atoms with E-state index in [2.05, 4.69) is 19.2 Å². The van der Waals surface area contributed by atoms with Gasteiger partial charge in [-0.15, -0.1) is 0 Å². The van der Waals surface area contributed by atoms with Gasteiger partial charge in [0.1, 0.15) is 0 Å². The molecular weight excluding hydrogens is 192 g/mol. The topological polar surface area (TPSA) is 49.4 Å². The Morgan fingerprint density at radius 3 is 2.73 bits per heavy atom. The minimum Gasteiger partial charge on any atom is -0.354 e. The van der Waals surface area contributed by atoms with Crippen molar-refractivity contribution >= 4 is 11.8 Å². The summed E-state index contributed by atoms with van der Waals surface area (Å²) in [6.07, 6.45) is 1.43. The molecule has 2 aliphatic rings. The molecular formula is C11H18N2O2. The SMILES string of the molecule is CC1(C)CC1C(=O)N1CCNC(=O)CC1. The van der Waals surface area contributed by atoms with E-state index in [0.29, 0.717) is 26.1 Å². The number of amides is 2. The molecule has 0 radical (unpaired) electrons. The zero-order valence-corrected chi connectivity index (χ0v) is 9.38. The van der Waals surface area contributed by atoms with Crippen molar-refractivity contribution in [2.24, 2.45) is 11.3 Å². The third-order valence-corrected chi connectivity index (χ3v) is 3.44. The minimum atomic E-state index is 0.0559. The van der Waals surface area contributed by atoms with Crippen LogP contribution in [-0.4, -0.2) is 36.3 Å². The lowest BCUT2D eigenvalue weighted by Crippen LogP contribution is -2.36. The Morgan fingerprint density at radius 1 is 1.47 bits per heavy atom. The van der Waals surface area contributed by atoms with Crippen molar-refractivity contribution in [2.75, 3.05) is 19.6 Å². The standard InChI is InChI=1S/C11H18N2O2/c1-11(2)7-8(11)10(15)13-5-3-9(14)12-4-6-13/h8H,3-7H2,1-2H3,(H,12,14). The largest absolute Gasteiger partial charge is 0.354 e. The molecule has 1 heterocycles. The van der Waals surface area contributed by atoms with Crippen LogP contribution < -0.4 is 5.32 Å². The van der Waals surface area contributed by atoms with Gasteiger partial charge in [-0.25, -0.2) is 0 Å². The van der Waals surface area contributed by atoms with Crippen LogP contribution in [0.5, 0.6) is 0 Å². The number of hydrogen-bond acceptors (Lipinski definition) is 2. The predicted molar refractivity (Wildman–Crippen MR) is 56.1 cm³/mol. The highest BCUT2D eigenvalue weighted by molar-refractivity contribution is 5.84. The molecule has 84 valence electrons. The van der Waals surface area contributed by atoms with Crippen molar-refractivity contribution in [3.8, 4) is 0 Å². The van der Waals surface area contributed by atoms with Gasteiger partial charge < -0.3 is 10.2 Å². The first-order valence-electron chi connectivity index (χ1n) is 5.56. The van der Waals surface area contributed by atoms with Crippen LogP contribution in [0.2, 0.25) is 0 Å². The summed E-state index contributed by atoms with van der Waals surface area (Å²) in [5.74, 6) is 0.475. The highest BCUT2D eigenvalue weighted by Gasteiger charge is 2.51. The van der Waals surface area contributed by atoms with Gasteiger partial charge in [0, 0.05) is 32.0 Å². The van der Waals surface area contributed by atoms with Crippen molar-refractivity contribution in [1.29, 1.82) is 0 Å². The highest BCUT2D eigenvalue weighted by atomic mass is 16.2. The number of hydrogen-bond donors (Lipinski definition) is 1. The summed E-state index contributed by atoms with van der Waals surface area (Å²) in [4.78, 5) is 25.0. The number of rotatable bonds is 1. The summed E-state index contributed by atoms with van der Waals surface area (Å²) in [7, 11) is 0. The maximum Gasteiger partial charge on any atom is 0.226 e. The van der Waals surface area contributed by atoms with Crippen LogP contribution in [-0.2, 0) is 9.59 Å². The highest BCUT2D eigenvalue weighted by Crippen LogP contribution is 2.52. The average molecular weight is 210 g/mol. The van der Waals surface area contributed by atoms with Crippen molar-refractivity contribution < 1.29 is 9.59 Å². The quantitative estimate of drug-likeness (QED) is 0.680. The van der Waals surface area contributed by atoms with E-state index < -0.39 is 0 Å². The molecule has 2 rings (SSSR count). The van der Waals surface area contributed by atoms with Gasteiger partial charge in [0.15, 0.2) is 0 Å². The number of carbonyl (C=O) groups excluding carboxylic acids is 2. The Morgan fingerprint density at radius 2 is 2.13 bits per heavy atom. The average Bonchev–Trinajstić information content (AvgIpc) is 2.84. The fraction of sp³-hybridized carbons (Fsp3) is 0.818. The Labute approximate surface area is 90.0 Å². The number of nitrogens with one attached hydrogen (secondary N) is 1. The molecule has 1 unspecified atom stereocenters. The molecule has 1 N–H and O–H groups in total. The molecule has 2 amide bonds. The predicted octanol–water partition coefficient (Wildman–Crippen LogP) is 0.381. The van der Waals surface area contributed by atoms with Gasteiger partial charge in [0.05, 0.1) is 0 Å². The van der Waals surface area contributed by atoms with Crippen LogP contribution in [0, 0.1) is 11.3 Å². The van der Waals surface area contributed by atoms with Gasteiger partial charge in [-0.2, -0.15) is 0 Å². The Bertz CT molecular complexity index is 299. The van der Waals surface area contributed by atoms with Crippen LogP contribution in [0.4, 0.5) is 0 Å². The molecule has 1 aliphatic carbocycles. The van der Waals surface area contributed by atoms with E-state index in [9.17, 15) is 9.59 Å². The van der Waals surface area contributed by atoms with E-state index in [1.165, 1.54) is 0 Å². The van der Waals surface area contributed by atoms with E-state index in [1.807, 2.05) is 4.90 Å². The van der Waals surface area contributed by atoms with Crippen LogP contribution in [0.25, 0.3) is 0 Å². The lowest BCUT2D eigenvalue weighted by atomic mass is 10.1. The molecule has 4 nitrogen and oxygen atoms in total. The Kier molecular flexibility index (Phi) is 2.44. The molecule has 4 heteroatoms. The van der Waals surface area contributed by atoms with Crippen LogP contribution >= 0.6 is 0 Å². The fourth-order valence-electron chi connectivity index (χ4n) is 2.10. The Balaban J connectivity index is 1.93. The lowest BCUT2D eigenvalue weighted by molar-refractivity contribution is -0.133. The molecule has 0 aromatic heterocycles. The third-order valence-electron chi connectivity index (χ3n) is 3.44. The second-order valence-corrected chi connectivity index (χ2v) is 5.17. The third kappa shape index (κ3) is 2.13. The number of carbonyl (C=O) groups is 2. The van der Waals surface area contributed by atoms with E-state index in [-0.39, 0.29) is 23.1 Å². The molecule has 2 fully saturated rings. The second-order valence-electron chi connectivity index (χ2n) is 5.17. The zero-order valence-electron chi connectivity index (χ0n) is 9.38. The molecule has 1 atom stereocenters. The monoisotopic (exact) mass is 210 g/mol. The smallest absolute Gasteiger partial charge is 0.226 e. The lowest BCUT2D eigenvalue weighted by Gasteiger charge is -2.20. The molecule has 15 heavy (non-hydrogen) atoms. The molecule has 1 saturated heterocycles. The van der Waals surface area contributed by atoms with Gasteiger partial charge in [0.2, 0.25) is 11.8 Å². The molecule has 0 bridgehead atoms. The van der Waals surface area contributed by atoms with Crippen LogP contribution in [0.1, 0.15) is 26.7 Å². The maximum atomic E-state index is 12.0. The normalized spacial score (nSPS) is 29.3. The first kappa shape index (κ1) is 10.5. The first-order valence-corrected chi connectivity index (χ1v) is 5.56. The minimum absolute atomic E-state index is 0.0559. The van der Waals surface area contributed by atoms with Gasteiger partial charge in [0.25, 0.3) is 0 Å². The van der Waals surface area contributed by atoms with Crippen LogP contribution in [0.15, 0.2) is 0 Å². The fourth-order valence-corrected chi connectivity index (χ4v) is 2.10. The van der Waals surface area contributed by atoms with E-state index in [1.54, 1.807) is 0 Å². The summed E-state index contributed by atoms with van der Waals surface area (Å²) < 4.78 is 0. The summed E-state index contributed by atoms with van der Waals surface area (Å²) in [5.41, 5.74) is 0.181. The van der Waals surface area contributed by atoms with Crippen LogP contribution in [0.3, 0.4) is 0 Å². The summed E-state index contributed by atoms with van der Waals surface area (Å²) in [5, 5.41) is 2.78. The Hall–Kier alpha value is -1.06. The van der Waals surface area contributed by atoms with Gasteiger partial charge in [-0.05, 0) is 11.8 Å². The van der Waals surface area contributed by atoms with Crippen molar-refractivity contribution in [2.45, 2.75) is 26.7 Å². The summed E-state index contributed by atoms with van der Waals surface area (Å²) in [6, 6.07) is 0. The van der Waals surface area contributed by atoms with Crippen molar-refractivity contribution in [3.63, 3.8) is 0 Å². The van der Waals surface area contributed by atoms with Gasteiger partial charge >= 0.3 is 0 Å². The van der Waals surface area contributed by atoms with E-state index >= 15 is 0 Å². The molecule has 0 aromatic carbocycles.